The average Bonchev–Trinajstić information content (AvgIpc) is 2.81. The smallest absolute Gasteiger partial charge is 0.408 e. The molecular formula is C25H30FNO9. The number of rotatable bonds is 9. The Hall–Kier alpha value is -4.15. The molecule has 2 aromatic rings. The van der Waals surface area contributed by atoms with E-state index in [2.05, 4.69) is 14.8 Å². The zero-order valence-corrected chi connectivity index (χ0v) is 20.7. The predicted octanol–water partition coefficient (Wildman–Crippen LogP) is 3.41. The van der Waals surface area contributed by atoms with Crippen LogP contribution in [-0.2, 0) is 25.5 Å². The Bertz CT molecular complexity index is 1050. The number of carbonyl (C=O) groups excluding carboxylic acids is 3. The third-order valence-electron chi connectivity index (χ3n) is 4.22. The average molecular weight is 508 g/mol. The van der Waals surface area contributed by atoms with Crippen LogP contribution in [0, 0.1) is 5.82 Å². The fraction of sp³-hybridized carbons (Fsp3) is 0.360. The molecular weight excluding hydrogens is 477 g/mol. The minimum atomic E-state index is -1.19. The van der Waals surface area contributed by atoms with Gasteiger partial charge in [-0.2, -0.15) is 0 Å². The molecule has 1 amide bonds. The van der Waals surface area contributed by atoms with Crippen LogP contribution in [-0.4, -0.2) is 61.9 Å². The molecule has 0 aliphatic heterocycles. The summed E-state index contributed by atoms with van der Waals surface area (Å²) in [6.45, 7) is 4.80. The van der Waals surface area contributed by atoms with Crippen molar-refractivity contribution in [1.29, 1.82) is 0 Å². The number of methoxy groups -OCH3 is 2. The van der Waals surface area contributed by atoms with Crippen LogP contribution >= 0.6 is 0 Å². The Balaban J connectivity index is 0.000000488. The number of ether oxygens (including phenoxy) is 4. The minimum absolute atomic E-state index is 0.0317. The standard InChI is InChI=1S/C17H23NO7.C8H7FO2/c1-17(2,3)25-16(22)18-13(15(20)21)9-11-6-5-7-12(8-11)24-10-14(19)23-4;1-11-8-3-2-6(5-10)4-7(8)9/h5-8,13H,9-10H2,1-4H3,(H,18,22)(H,20,21);2-5H,1H3/t13-;/m0./s1. The quantitative estimate of drug-likeness (QED) is 0.386. The van der Waals surface area contributed by atoms with Gasteiger partial charge in [0.05, 0.1) is 14.2 Å². The summed E-state index contributed by atoms with van der Waals surface area (Å²) in [6.07, 6.45) is -0.190. The number of esters is 1. The van der Waals surface area contributed by atoms with E-state index in [4.69, 9.17) is 9.47 Å². The van der Waals surface area contributed by atoms with Gasteiger partial charge in [0.1, 0.15) is 23.7 Å². The van der Waals surface area contributed by atoms with Crippen molar-refractivity contribution in [3.63, 3.8) is 0 Å². The molecule has 0 radical (unpaired) electrons. The Labute approximate surface area is 208 Å². The molecule has 0 saturated carbocycles. The number of aldehydes is 1. The summed E-state index contributed by atoms with van der Waals surface area (Å²) >= 11 is 0. The lowest BCUT2D eigenvalue weighted by atomic mass is 10.1. The van der Waals surface area contributed by atoms with E-state index >= 15 is 0 Å². The van der Waals surface area contributed by atoms with E-state index in [1.54, 1.807) is 45.0 Å². The van der Waals surface area contributed by atoms with Crippen molar-refractivity contribution in [2.75, 3.05) is 20.8 Å². The number of halogens is 1. The van der Waals surface area contributed by atoms with Crippen LogP contribution in [0.4, 0.5) is 9.18 Å². The Kier molecular flexibility index (Phi) is 11.9. The van der Waals surface area contributed by atoms with Gasteiger partial charge in [-0.3, -0.25) is 4.79 Å². The highest BCUT2D eigenvalue weighted by Crippen LogP contribution is 2.17. The third-order valence-corrected chi connectivity index (χ3v) is 4.22. The van der Waals surface area contributed by atoms with Gasteiger partial charge >= 0.3 is 18.0 Å². The number of benzene rings is 2. The van der Waals surface area contributed by atoms with Crippen molar-refractivity contribution in [2.24, 2.45) is 0 Å². The fourth-order valence-corrected chi connectivity index (χ4v) is 2.60. The molecule has 11 heteroatoms. The van der Waals surface area contributed by atoms with Crippen molar-refractivity contribution in [3.05, 3.63) is 59.4 Å². The van der Waals surface area contributed by atoms with E-state index < -0.39 is 35.5 Å². The summed E-state index contributed by atoms with van der Waals surface area (Å²) in [7, 11) is 2.63. The molecule has 196 valence electrons. The lowest BCUT2D eigenvalue weighted by Gasteiger charge is -2.22. The maximum atomic E-state index is 12.8. The normalized spacial score (nSPS) is 11.2. The molecule has 2 aromatic carbocycles. The molecule has 36 heavy (non-hydrogen) atoms. The second-order valence-electron chi connectivity index (χ2n) is 8.27. The number of hydrogen-bond donors (Lipinski definition) is 2. The van der Waals surface area contributed by atoms with E-state index in [-0.39, 0.29) is 18.8 Å². The first-order valence-corrected chi connectivity index (χ1v) is 10.7. The number of aliphatic carboxylic acids is 1. The summed E-state index contributed by atoms with van der Waals surface area (Å²) in [5, 5.41) is 11.6. The van der Waals surface area contributed by atoms with E-state index in [0.717, 1.165) is 6.07 Å². The molecule has 10 nitrogen and oxygen atoms in total. The largest absolute Gasteiger partial charge is 0.494 e. The topological polar surface area (TPSA) is 137 Å². The van der Waals surface area contributed by atoms with Gasteiger partial charge in [-0.05, 0) is 56.7 Å². The highest BCUT2D eigenvalue weighted by Gasteiger charge is 2.24. The lowest BCUT2D eigenvalue weighted by molar-refractivity contribution is -0.143. The van der Waals surface area contributed by atoms with Gasteiger partial charge in [0, 0.05) is 12.0 Å². The molecule has 2 N–H and O–H groups in total. The zero-order chi connectivity index (χ0) is 27.3. The van der Waals surface area contributed by atoms with Crippen LogP contribution in [0.15, 0.2) is 42.5 Å². The number of carboxylic acid groups (broad SMARTS) is 1. The minimum Gasteiger partial charge on any atom is -0.494 e. The van der Waals surface area contributed by atoms with Crippen LogP contribution in [0.25, 0.3) is 0 Å². The van der Waals surface area contributed by atoms with Crippen LogP contribution < -0.4 is 14.8 Å². The summed E-state index contributed by atoms with van der Waals surface area (Å²) in [5.74, 6) is -1.69. The molecule has 0 bridgehead atoms. The van der Waals surface area contributed by atoms with E-state index in [1.807, 2.05) is 0 Å². The van der Waals surface area contributed by atoms with Crippen molar-refractivity contribution in [1.82, 2.24) is 5.32 Å². The monoisotopic (exact) mass is 507 g/mol. The van der Waals surface area contributed by atoms with Crippen molar-refractivity contribution >= 4 is 24.3 Å². The SMILES string of the molecule is COC(=O)COc1cccc(C[C@H](NC(=O)OC(C)(C)C)C(=O)O)c1.COc1ccc(C=O)cc1F. The highest BCUT2D eigenvalue weighted by atomic mass is 19.1. The first-order chi connectivity index (χ1) is 16.9. The number of nitrogens with one attached hydrogen (secondary N) is 1. The van der Waals surface area contributed by atoms with Gasteiger partial charge in [0.25, 0.3) is 0 Å². The molecule has 0 aliphatic rings. The van der Waals surface area contributed by atoms with Crippen LogP contribution in [0.3, 0.4) is 0 Å². The van der Waals surface area contributed by atoms with Crippen molar-refractivity contribution in [3.8, 4) is 11.5 Å². The number of hydrogen-bond acceptors (Lipinski definition) is 8. The predicted molar refractivity (Wildman–Crippen MR) is 127 cm³/mol. The summed E-state index contributed by atoms with van der Waals surface area (Å²) in [4.78, 5) is 44.4. The number of alkyl carbamates (subject to hydrolysis) is 1. The maximum Gasteiger partial charge on any atom is 0.408 e. The van der Waals surface area contributed by atoms with Crippen LogP contribution in [0.5, 0.6) is 11.5 Å². The van der Waals surface area contributed by atoms with E-state index in [9.17, 15) is 28.7 Å². The molecule has 0 unspecified atom stereocenters. The van der Waals surface area contributed by atoms with E-state index in [0.29, 0.717) is 23.2 Å². The van der Waals surface area contributed by atoms with Gasteiger partial charge in [-0.1, -0.05) is 12.1 Å². The first kappa shape index (κ1) is 29.9. The first-order valence-electron chi connectivity index (χ1n) is 10.7. The van der Waals surface area contributed by atoms with Crippen molar-refractivity contribution in [2.45, 2.75) is 38.8 Å². The molecule has 0 heterocycles. The van der Waals surface area contributed by atoms with Crippen LogP contribution in [0.1, 0.15) is 36.7 Å². The Morgan fingerprint density at radius 1 is 1.11 bits per heavy atom. The molecule has 0 fully saturated rings. The second kappa shape index (κ2) is 14.3. The van der Waals surface area contributed by atoms with Gasteiger partial charge in [-0.15, -0.1) is 0 Å². The van der Waals surface area contributed by atoms with E-state index in [1.165, 1.54) is 26.4 Å². The molecule has 0 aromatic heterocycles. The Morgan fingerprint density at radius 2 is 1.81 bits per heavy atom. The van der Waals surface area contributed by atoms with Gasteiger partial charge in [-0.25, -0.2) is 18.8 Å². The molecule has 1 atom stereocenters. The highest BCUT2D eigenvalue weighted by molar-refractivity contribution is 5.80. The van der Waals surface area contributed by atoms with Crippen molar-refractivity contribution < 1.29 is 47.6 Å². The summed E-state index contributed by atoms with van der Waals surface area (Å²) in [6, 6.07) is 9.45. The molecule has 0 saturated heterocycles. The maximum absolute atomic E-state index is 12.8. The zero-order valence-electron chi connectivity index (χ0n) is 20.7. The van der Waals surface area contributed by atoms with Gasteiger partial charge in [0.2, 0.25) is 0 Å². The Morgan fingerprint density at radius 3 is 2.33 bits per heavy atom. The molecule has 0 aliphatic carbocycles. The number of carboxylic acids is 1. The number of carbonyl (C=O) groups is 4. The van der Waals surface area contributed by atoms with Crippen LogP contribution in [0.2, 0.25) is 0 Å². The second-order valence-corrected chi connectivity index (χ2v) is 8.27. The molecule has 2 rings (SSSR count). The summed E-state index contributed by atoms with van der Waals surface area (Å²) < 4.78 is 32.2. The number of amides is 1. The third kappa shape index (κ3) is 11.3. The summed E-state index contributed by atoms with van der Waals surface area (Å²) in [5.41, 5.74) is 0.198. The van der Waals surface area contributed by atoms with Gasteiger partial charge in [0.15, 0.2) is 18.2 Å². The lowest BCUT2D eigenvalue weighted by Crippen LogP contribution is -2.44. The fourth-order valence-electron chi connectivity index (χ4n) is 2.60. The van der Waals surface area contributed by atoms with Gasteiger partial charge < -0.3 is 29.4 Å². The molecule has 0 spiro atoms.